The van der Waals surface area contributed by atoms with Gasteiger partial charge in [0.2, 0.25) is 5.91 Å². The highest BCUT2D eigenvalue weighted by Crippen LogP contribution is 2.25. The van der Waals surface area contributed by atoms with Crippen LogP contribution in [0.5, 0.6) is 0 Å². The van der Waals surface area contributed by atoms with Crippen molar-refractivity contribution in [1.82, 2.24) is 15.0 Å². The number of amides is 2. The van der Waals surface area contributed by atoms with Gasteiger partial charge in [0.1, 0.15) is 6.54 Å². The Balaban J connectivity index is 1.67. The minimum atomic E-state index is -0.458. The molecule has 0 aliphatic carbocycles. The van der Waals surface area contributed by atoms with Gasteiger partial charge in [0.05, 0.1) is 15.7 Å². The fraction of sp³-hybridized carbons (Fsp3) is 0.158. The average molecular weight is 450 g/mol. The van der Waals surface area contributed by atoms with E-state index in [-0.39, 0.29) is 18.1 Å². The first-order valence-electron chi connectivity index (χ1n) is 8.47. The van der Waals surface area contributed by atoms with Crippen LogP contribution in [0.25, 0.3) is 0 Å². The van der Waals surface area contributed by atoms with E-state index in [1.54, 1.807) is 30.8 Å². The summed E-state index contributed by atoms with van der Waals surface area (Å²) in [7, 11) is 0. The summed E-state index contributed by atoms with van der Waals surface area (Å²) >= 11 is 13.4. The van der Waals surface area contributed by atoms with Gasteiger partial charge < -0.3 is 10.6 Å². The summed E-state index contributed by atoms with van der Waals surface area (Å²) in [5.74, 6) is -0.729. The maximum Gasteiger partial charge on any atom is 0.278 e. The zero-order valence-corrected chi connectivity index (χ0v) is 17.9. The normalized spacial score (nSPS) is 10.6. The van der Waals surface area contributed by atoms with Gasteiger partial charge in [0.25, 0.3) is 5.91 Å². The Hall–Kier alpha value is -2.55. The van der Waals surface area contributed by atoms with Crippen LogP contribution in [-0.2, 0) is 11.3 Å². The molecule has 0 fully saturated rings. The van der Waals surface area contributed by atoms with E-state index in [1.165, 1.54) is 10.7 Å². The number of halogens is 2. The number of benzene rings is 2. The molecule has 0 spiro atoms. The zero-order valence-electron chi connectivity index (χ0n) is 15.6. The molecule has 0 aliphatic rings. The highest BCUT2D eigenvalue weighted by Gasteiger charge is 2.18. The molecule has 0 bridgehead atoms. The topological polar surface area (TPSA) is 88.9 Å². The van der Waals surface area contributed by atoms with Gasteiger partial charge in [-0.25, -0.2) is 4.68 Å². The maximum atomic E-state index is 12.5. The monoisotopic (exact) mass is 449 g/mol. The Morgan fingerprint density at radius 1 is 1.07 bits per heavy atom. The molecule has 2 N–H and O–H groups in total. The number of rotatable bonds is 6. The largest absolute Gasteiger partial charge is 0.324 e. The number of aromatic nitrogens is 3. The number of hydrogen-bond donors (Lipinski definition) is 2. The van der Waals surface area contributed by atoms with Crippen LogP contribution in [0.2, 0.25) is 10.0 Å². The molecule has 0 aliphatic heterocycles. The van der Waals surface area contributed by atoms with Crippen molar-refractivity contribution in [2.45, 2.75) is 18.4 Å². The molecule has 3 rings (SSSR count). The van der Waals surface area contributed by atoms with Crippen molar-refractivity contribution in [2.24, 2.45) is 0 Å². The number of thioether (sulfide) groups is 1. The van der Waals surface area contributed by atoms with Gasteiger partial charge in [-0.2, -0.15) is 0 Å². The summed E-state index contributed by atoms with van der Waals surface area (Å²) < 4.78 is 1.37. The second-order valence-electron chi connectivity index (χ2n) is 6.04. The number of nitrogens with zero attached hydrogens (tertiary/aromatic N) is 3. The molecule has 10 heteroatoms. The Bertz CT molecular complexity index is 1070. The Morgan fingerprint density at radius 3 is 2.55 bits per heavy atom. The summed E-state index contributed by atoms with van der Waals surface area (Å²) in [4.78, 5) is 25.9. The first-order chi connectivity index (χ1) is 13.9. The molecule has 2 amide bonds. The van der Waals surface area contributed by atoms with Crippen LogP contribution < -0.4 is 10.6 Å². The molecular weight excluding hydrogens is 433 g/mol. The molecule has 0 atom stereocenters. The lowest BCUT2D eigenvalue weighted by Gasteiger charge is -2.08. The molecule has 0 saturated carbocycles. The molecule has 2 aromatic carbocycles. The Morgan fingerprint density at radius 2 is 1.83 bits per heavy atom. The van der Waals surface area contributed by atoms with Crippen LogP contribution in [0, 0.1) is 6.92 Å². The van der Waals surface area contributed by atoms with Crippen LogP contribution in [0.3, 0.4) is 0 Å². The van der Waals surface area contributed by atoms with Gasteiger partial charge in [0.15, 0.2) is 5.69 Å². The van der Waals surface area contributed by atoms with E-state index < -0.39 is 5.91 Å². The van der Waals surface area contributed by atoms with Gasteiger partial charge >= 0.3 is 0 Å². The van der Waals surface area contributed by atoms with Crippen LogP contribution >= 0.6 is 35.0 Å². The van der Waals surface area contributed by atoms with Crippen molar-refractivity contribution in [2.75, 3.05) is 16.9 Å². The lowest BCUT2D eigenvalue weighted by atomic mass is 10.2. The van der Waals surface area contributed by atoms with E-state index >= 15 is 0 Å². The third kappa shape index (κ3) is 5.29. The SMILES string of the molecule is CSc1cccc(NC(=O)Cn2nnc(C(=O)Nc3ccc(Cl)c(Cl)c3)c2C)c1. The number of nitrogens with one attached hydrogen (secondary N) is 2. The van der Waals surface area contributed by atoms with Crippen molar-refractivity contribution in [3.63, 3.8) is 0 Å². The van der Waals surface area contributed by atoms with E-state index in [4.69, 9.17) is 23.2 Å². The lowest BCUT2D eigenvalue weighted by Crippen LogP contribution is -2.21. The van der Waals surface area contributed by atoms with Crippen LogP contribution in [0.4, 0.5) is 11.4 Å². The second kappa shape index (κ2) is 9.30. The standard InChI is InChI=1S/C19H17Cl2N5O2S/c1-11-18(19(28)23-13-6-7-15(20)16(21)9-13)24-25-26(11)10-17(27)22-12-4-3-5-14(8-12)29-2/h3-9H,10H2,1-2H3,(H,22,27)(H,23,28). The van der Waals surface area contributed by atoms with Gasteiger partial charge in [-0.05, 0) is 49.6 Å². The molecule has 29 heavy (non-hydrogen) atoms. The molecule has 7 nitrogen and oxygen atoms in total. The number of carbonyl (C=O) groups excluding carboxylic acids is 2. The van der Waals surface area contributed by atoms with Crippen molar-refractivity contribution in [3.05, 3.63) is 63.9 Å². The fourth-order valence-corrected chi connectivity index (χ4v) is 3.28. The highest BCUT2D eigenvalue weighted by atomic mass is 35.5. The molecule has 0 saturated heterocycles. The molecule has 1 heterocycles. The van der Waals surface area contributed by atoms with Gasteiger partial charge in [0, 0.05) is 16.3 Å². The smallest absolute Gasteiger partial charge is 0.278 e. The predicted octanol–water partition coefficient (Wildman–Crippen LogP) is 4.51. The third-order valence-corrected chi connectivity index (χ3v) is 5.49. The van der Waals surface area contributed by atoms with Crippen molar-refractivity contribution < 1.29 is 9.59 Å². The summed E-state index contributed by atoms with van der Waals surface area (Å²) in [6.07, 6.45) is 1.96. The van der Waals surface area contributed by atoms with Gasteiger partial charge in [-0.3, -0.25) is 9.59 Å². The number of anilines is 2. The minimum Gasteiger partial charge on any atom is -0.324 e. The summed E-state index contributed by atoms with van der Waals surface area (Å²) in [5.41, 5.74) is 1.76. The molecule has 0 unspecified atom stereocenters. The van der Waals surface area contributed by atoms with E-state index in [0.29, 0.717) is 27.1 Å². The fourth-order valence-electron chi connectivity index (χ4n) is 2.52. The number of hydrogen-bond acceptors (Lipinski definition) is 5. The molecule has 1 aromatic heterocycles. The van der Waals surface area contributed by atoms with Gasteiger partial charge in [-0.15, -0.1) is 16.9 Å². The molecule has 0 radical (unpaired) electrons. The van der Waals surface area contributed by atoms with Crippen LogP contribution in [-0.4, -0.2) is 33.1 Å². The van der Waals surface area contributed by atoms with Crippen molar-refractivity contribution >= 4 is 58.2 Å². The van der Waals surface area contributed by atoms with E-state index in [0.717, 1.165) is 4.90 Å². The Labute approximate surface area is 181 Å². The summed E-state index contributed by atoms with van der Waals surface area (Å²) in [5, 5.41) is 14.0. The van der Waals surface area contributed by atoms with Crippen molar-refractivity contribution in [3.8, 4) is 0 Å². The predicted molar refractivity (Wildman–Crippen MR) is 116 cm³/mol. The van der Waals surface area contributed by atoms with Gasteiger partial charge in [-0.1, -0.05) is 34.5 Å². The van der Waals surface area contributed by atoms with Crippen LogP contribution in [0.1, 0.15) is 16.2 Å². The van der Waals surface area contributed by atoms with Crippen LogP contribution in [0.15, 0.2) is 47.4 Å². The second-order valence-corrected chi connectivity index (χ2v) is 7.74. The summed E-state index contributed by atoms with van der Waals surface area (Å²) in [6.45, 7) is 1.60. The lowest BCUT2D eigenvalue weighted by molar-refractivity contribution is -0.117. The maximum absolute atomic E-state index is 12.5. The van der Waals surface area contributed by atoms with E-state index in [1.807, 2.05) is 30.5 Å². The first-order valence-corrected chi connectivity index (χ1v) is 10.5. The van der Waals surface area contributed by atoms with E-state index in [9.17, 15) is 9.59 Å². The van der Waals surface area contributed by atoms with E-state index in [2.05, 4.69) is 20.9 Å². The quantitative estimate of drug-likeness (QED) is 0.540. The molecule has 150 valence electrons. The summed E-state index contributed by atoms with van der Waals surface area (Å²) in [6, 6.07) is 12.3. The number of carbonyl (C=O) groups is 2. The average Bonchev–Trinajstić information content (AvgIpc) is 3.05. The third-order valence-electron chi connectivity index (χ3n) is 4.02. The molecule has 3 aromatic rings. The highest BCUT2D eigenvalue weighted by molar-refractivity contribution is 7.98. The zero-order chi connectivity index (χ0) is 21.0. The Kier molecular flexibility index (Phi) is 6.79. The first kappa shape index (κ1) is 21.2. The molecular formula is C19H17Cl2N5O2S. The minimum absolute atomic E-state index is 0.0671. The van der Waals surface area contributed by atoms with Crippen molar-refractivity contribution in [1.29, 1.82) is 0 Å².